The van der Waals surface area contributed by atoms with Crippen molar-refractivity contribution in [3.63, 3.8) is 0 Å². The highest BCUT2D eigenvalue weighted by molar-refractivity contribution is 5.87. The van der Waals surface area contributed by atoms with Gasteiger partial charge in [-0.1, -0.05) is 18.2 Å². The summed E-state index contributed by atoms with van der Waals surface area (Å²) in [4.78, 5) is 25.1. The minimum Gasteiger partial charge on any atom is -0.478 e. The quantitative estimate of drug-likeness (QED) is 0.873. The van der Waals surface area contributed by atoms with Gasteiger partial charge < -0.3 is 10.0 Å². The number of carboxylic acids is 1. The molecule has 1 aliphatic carbocycles. The molecule has 0 unspecified atom stereocenters. The van der Waals surface area contributed by atoms with Crippen molar-refractivity contribution in [3.8, 4) is 0 Å². The number of hydrogen-bond donors (Lipinski definition) is 1. The van der Waals surface area contributed by atoms with E-state index < -0.39 is 17.6 Å². The maximum Gasteiger partial charge on any atom is 0.335 e. The Morgan fingerprint density at radius 1 is 1.08 bits per heavy atom. The number of carboxylic acid groups (broad SMARTS) is 1. The molecule has 1 aliphatic rings. The summed E-state index contributed by atoms with van der Waals surface area (Å²) in [5.41, 5.74) is 1.13. The molecule has 0 saturated heterocycles. The average molecular weight is 345 g/mol. The highest BCUT2D eigenvalue weighted by Gasteiger charge is 2.32. The molecule has 0 atom stereocenters. The fourth-order valence-electron chi connectivity index (χ4n) is 2.68. The number of amides is 1. The van der Waals surface area contributed by atoms with Crippen molar-refractivity contribution in [2.45, 2.75) is 31.8 Å². The third-order valence-electron chi connectivity index (χ3n) is 4.22. The van der Waals surface area contributed by atoms with Gasteiger partial charge in [0.2, 0.25) is 5.91 Å². The van der Waals surface area contributed by atoms with Gasteiger partial charge in [0, 0.05) is 24.2 Å². The van der Waals surface area contributed by atoms with Gasteiger partial charge in [-0.15, -0.1) is 0 Å². The molecule has 0 spiro atoms. The molecule has 0 radical (unpaired) electrons. The van der Waals surface area contributed by atoms with Crippen molar-refractivity contribution in [2.24, 2.45) is 0 Å². The Labute approximate surface area is 143 Å². The van der Waals surface area contributed by atoms with Crippen LogP contribution in [0.3, 0.4) is 0 Å². The van der Waals surface area contributed by atoms with Gasteiger partial charge in [0.15, 0.2) is 0 Å². The summed E-state index contributed by atoms with van der Waals surface area (Å²) in [5, 5.41) is 8.90. The number of nitrogens with zero attached hydrogens (tertiary/aromatic N) is 1. The zero-order valence-corrected chi connectivity index (χ0v) is 13.4. The molecule has 2 aromatic carbocycles. The van der Waals surface area contributed by atoms with Crippen LogP contribution in [0.25, 0.3) is 0 Å². The molecule has 0 heterocycles. The Morgan fingerprint density at radius 3 is 2.32 bits per heavy atom. The van der Waals surface area contributed by atoms with E-state index >= 15 is 0 Å². The largest absolute Gasteiger partial charge is 0.478 e. The van der Waals surface area contributed by atoms with Crippen LogP contribution < -0.4 is 0 Å². The Balaban J connectivity index is 1.72. The number of benzene rings is 2. The van der Waals surface area contributed by atoms with Crippen LogP contribution in [0.15, 0.2) is 42.5 Å². The highest BCUT2D eigenvalue weighted by atomic mass is 19.1. The van der Waals surface area contributed by atoms with E-state index in [4.69, 9.17) is 5.11 Å². The van der Waals surface area contributed by atoms with Crippen LogP contribution in [-0.2, 0) is 17.8 Å². The molecule has 2 aromatic rings. The van der Waals surface area contributed by atoms with Gasteiger partial charge in [-0.05, 0) is 36.6 Å². The lowest BCUT2D eigenvalue weighted by molar-refractivity contribution is -0.131. The first kappa shape index (κ1) is 17.1. The number of halogens is 2. The summed E-state index contributed by atoms with van der Waals surface area (Å²) in [6, 6.07) is 9.53. The molecule has 3 rings (SSSR count). The Kier molecular flexibility index (Phi) is 4.79. The van der Waals surface area contributed by atoms with E-state index in [9.17, 15) is 18.4 Å². The molecule has 1 fully saturated rings. The third-order valence-corrected chi connectivity index (χ3v) is 4.22. The van der Waals surface area contributed by atoms with Gasteiger partial charge in [-0.2, -0.15) is 0 Å². The lowest BCUT2D eigenvalue weighted by Gasteiger charge is -2.23. The fourth-order valence-corrected chi connectivity index (χ4v) is 2.68. The lowest BCUT2D eigenvalue weighted by atomic mass is 10.1. The Bertz CT molecular complexity index is 801. The molecule has 1 N–H and O–H groups in total. The summed E-state index contributed by atoms with van der Waals surface area (Å²) >= 11 is 0. The zero-order valence-electron chi connectivity index (χ0n) is 13.4. The van der Waals surface area contributed by atoms with Crippen molar-refractivity contribution in [1.29, 1.82) is 0 Å². The topological polar surface area (TPSA) is 57.6 Å². The normalized spacial score (nSPS) is 13.5. The molecule has 0 bridgehead atoms. The van der Waals surface area contributed by atoms with Crippen molar-refractivity contribution in [1.82, 2.24) is 4.90 Å². The van der Waals surface area contributed by atoms with E-state index in [0.717, 1.165) is 18.9 Å². The predicted octanol–water partition coefficient (Wildman–Crippen LogP) is 3.40. The van der Waals surface area contributed by atoms with Crippen molar-refractivity contribution >= 4 is 11.9 Å². The van der Waals surface area contributed by atoms with Crippen LogP contribution in [0.1, 0.15) is 34.3 Å². The highest BCUT2D eigenvalue weighted by Crippen LogP contribution is 2.29. The fraction of sp³-hybridized carbons (Fsp3) is 0.263. The van der Waals surface area contributed by atoms with E-state index in [2.05, 4.69) is 0 Å². The maximum absolute atomic E-state index is 13.9. The monoisotopic (exact) mass is 345 g/mol. The first-order valence-electron chi connectivity index (χ1n) is 7.99. The van der Waals surface area contributed by atoms with Crippen LogP contribution in [0.2, 0.25) is 0 Å². The molecule has 130 valence electrons. The second-order valence-electron chi connectivity index (χ2n) is 6.17. The van der Waals surface area contributed by atoms with Crippen LogP contribution in [0.5, 0.6) is 0 Å². The second kappa shape index (κ2) is 7.01. The predicted molar refractivity (Wildman–Crippen MR) is 87.0 cm³/mol. The summed E-state index contributed by atoms with van der Waals surface area (Å²) in [6.45, 7) is 0.100. The summed E-state index contributed by atoms with van der Waals surface area (Å²) in [6.07, 6.45) is 1.85. The minimum absolute atomic E-state index is 0.0789. The molecular weight excluding hydrogens is 328 g/mol. The van der Waals surface area contributed by atoms with E-state index in [-0.39, 0.29) is 36.0 Å². The molecular formula is C19H17F2NO3. The van der Waals surface area contributed by atoms with Crippen molar-refractivity contribution in [3.05, 3.63) is 70.8 Å². The molecule has 6 heteroatoms. The average Bonchev–Trinajstić information content (AvgIpc) is 3.39. The van der Waals surface area contributed by atoms with Crippen LogP contribution in [-0.4, -0.2) is 27.9 Å². The molecule has 4 nitrogen and oxygen atoms in total. The van der Waals surface area contributed by atoms with Crippen molar-refractivity contribution in [2.75, 3.05) is 0 Å². The zero-order chi connectivity index (χ0) is 18.0. The minimum atomic E-state index is -1.02. The van der Waals surface area contributed by atoms with Gasteiger partial charge in [-0.3, -0.25) is 4.79 Å². The van der Waals surface area contributed by atoms with Gasteiger partial charge in [0.05, 0.1) is 12.0 Å². The van der Waals surface area contributed by atoms with E-state index in [0.29, 0.717) is 5.56 Å². The molecule has 0 aromatic heterocycles. The lowest BCUT2D eigenvalue weighted by Crippen LogP contribution is -2.34. The third kappa shape index (κ3) is 4.21. The smallest absolute Gasteiger partial charge is 0.335 e. The number of rotatable bonds is 6. The second-order valence-corrected chi connectivity index (χ2v) is 6.17. The molecule has 0 aliphatic heterocycles. The number of aromatic carboxylic acids is 1. The summed E-state index contributed by atoms with van der Waals surface area (Å²) in [7, 11) is 0. The van der Waals surface area contributed by atoms with Crippen LogP contribution in [0.4, 0.5) is 8.78 Å². The van der Waals surface area contributed by atoms with Gasteiger partial charge in [0.1, 0.15) is 11.6 Å². The van der Waals surface area contributed by atoms with Crippen molar-refractivity contribution < 1.29 is 23.5 Å². The molecule has 1 saturated carbocycles. The Morgan fingerprint density at radius 2 is 1.76 bits per heavy atom. The SMILES string of the molecule is O=C(O)c1ccc(CC(=O)N(Cc2ccc(F)cc2F)C2CC2)cc1. The number of carbonyl (C=O) groups excluding carboxylic acids is 1. The molecule has 25 heavy (non-hydrogen) atoms. The number of carbonyl (C=O) groups is 2. The first-order valence-corrected chi connectivity index (χ1v) is 7.99. The van der Waals surface area contributed by atoms with Gasteiger partial charge >= 0.3 is 5.97 Å². The van der Waals surface area contributed by atoms with Crippen LogP contribution >= 0.6 is 0 Å². The van der Waals surface area contributed by atoms with E-state index in [1.165, 1.54) is 24.3 Å². The first-order chi connectivity index (χ1) is 11.9. The van der Waals surface area contributed by atoms with Crippen LogP contribution in [0, 0.1) is 11.6 Å². The van der Waals surface area contributed by atoms with E-state index in [1.807, 2.05) is 0 Å². The van der Waals surface area contributed by atoms with Gasteiger partial charge in [0.25, 0.3) is 0 Å². The van der Waals surface area contributed by atoms with E-state index in [1.54, 1.807) is 17.0 Å². The number of hydrogen-bond acceptors (Lipinski definition) is 2. The standard InChI is InChI=1S/C19H17F2NO3/c20-15-6-5-14(17(21)10-15)11-22(16-7-8-16)18(23)9-12-1-3-13(4-2-12)19(24)25/h1-6,10,16H,7-9,11H2,(H,24,25). The molecule has 1 amide bonds. The summed E-state index contributed by atoms with van der Waals surface area (Å²) in [5.74, 6) is -2.49. The van der Waals surface area contributed by atoms with Gasteiger partial charge in [-0.25, -0.2) is 13.6 Å². The summed E-state index contributed by atoms with van der Waals surface area (Å²) < 4.78 is 26.9. The maximum atomic E-state index is 13.9. The Hall–Kier alpha value is -2.76.